The Morgan fingerprint density at radius 1 is 1.35 bits per heavy atom. The number of piperidine rings is 1. The third-order valence-electron chi connectivity index (χ3n) is 4.10. The lowest BCUT2D eigenvalue weighted by Gasteiger charge is -2.32. The van der Waals surface area contributed by atoms with Crippen LogP contribution in [-0.2, 0) is 4.79 Å². The lowest BCUT2D eigenvalue weighted by Crippen LogP contribution is -2.44. The number of rotatable bonds is 3. The van der Waals surface area contributed by atoms with E-state index in [4.69, 9.17) is 0 Å². The van der Waals surface area contributed by atoms with Gasteiger partial charge in [0.15, 0.2) is 0 Å². The van der Waals surface area contributed by atoms with Crippen molar-refractivity contribution in [3.63, 3.8) is 0 Å². The summed E-state index contributed by atoms with van der Waals surface area (Å²) in [4.78, 5) is 16.5. The van der Waals surface area contributed by atoms with Gasteiger partial charge in [0.2, 0.25) is 5.91 Å². The number of nitrogens with one attached hydrogen (secondary N) is 1. The van der Waals surface area contributed by atoms with Crippen molar-refractivity contribution < 1.29 is 4.79 Å². The molecule has 0 spiro atoms. The summed E-state index contributed by atoms with van der Waals surface area (Å²) in [6, 6.07) is 0.0891. The maximum Gasteiger partial charge on any atom is 0.239 e. The Labute approximate surface area is 104 Å². The number of hydrogen-bond acceptors (Lipinski definition) is 3. The van der Waals surface area contributed by atoms with E-state index in [2.05, 4.69) is 17.3 Å². The van der Waals surface area contributed by atoms with Gasteiger partial charge in [-0.3, -0.25) is 4.79 Å². The summed E-state index contributed by atoms with van der Waals surface area (Å²) in [6.07, 6.45) is 4.60. The largest absolute Gasteiger partial charge is 0.344 e. The van der Waals surface area contributed by atoms with Crippen molar-refractivity contribution in [1.29, 1.82) is 0 Å². The van der Waals surface area contributed by atoms with Crippen LogP contribution in [0.2, 0.25) is 0 Å². The smallest absolute Gasteiger partial charge is 0.239 e. The number of carbonyl (C=O) groups excluding carboxylic acids is 1. The first kappa shape index (κ1) is 12.8. The van der Waals surface area contributed by atoms with Crippen LogP contribution in [-0.4, -0.2) is 62.0 Å². The van der Waals surface area contributed by atoms with Crippen molar-refractivity contribution in [3.05, 3.63) is 0 Å². The van der Waals surface area contributed by atoms with Crippen molar-refractivity contribution in [1.82, 2.24) is 15.1 Å². The molecule has 1 N–H and O–H groups in total. The van der Waals surface area contributed by atoms with Crippen LogP contribution in [0.1, 0.15) is 25.7 Å². The topological polar surface area (TPSA) is 35.6 Å². The molecular formula is C13H25N3O. The standard InChI is InChI=1S/C13H25N3O/c1-15-8-5-11(6-9-15)10-16(2)13(17)12-4-3-7-14-12/h11-12,14H,3-10H2,1-2H3. The predicted octanol–water partition coefficient (Wildman–Crippen LogP) is 0.539. The van der Waals surface area contributed by atoms with Crippen molar-refractivity contribution >= 4 is 5.91 Å². The van der Waals surface area contributed by atoms with E-state index in [1.807, 2.05) is 11.9 Å². The van der Waals surface area contributed by atoms with Crippen molar-refractivity contribution in [3.8, 4) is 0 Å². The minimum atomic E-state index is 0.0891. The summed E-state index contributed by atoms with van der Waals surface area (Å²) < 4.78 is 0. The molecule has 1 amide bonds. The summed E-state index contributed by atoms with van der Waals surface area (Å²) >= 11 is 0. The molecule has 2 aliphatic rings. The van der Waals surface area contributed by atoms with E-state index in [-0.39, 0.29) is 6.04 Å². The quantitative estimate of drug-likeness (QED) is 0.781. The average Bonchev–Trinajstić information content (AvgIpc) is 2.84. The van der Waals surface area contributed by atoms with Gasteiger partial charge in [-0.15, -0.1) is 0 Å². The normalized spacial score (nSPS) is 27.3. The van der Waals surface area contributed by atoms with Gasteiger partial charge in [0.25, 0.3) is 0 Å². The molecule has 98 valence electrons. The van der Waals surface area contributed by atoms with Crippen LogP contribution < -0.4 is 5.32 Å². The number of amides is 1. The van der Waals surface area contributed by atoms with Gasteiger partial charge < -0.3 is 15.1 Å². The fourth-order valence-electron chi connectivity index (χ4n) is 2.88. The monoisotopic (exact) mass is 239 g/mol. The first-order valence-corrected chi connectivity index (χ1v) is 6.83. The zero-order valence-corrected chi connectivity index (χ0v) is 11.1. The van der Waals surface area contributed by atoms with Crippen LogP contribution in [0.4, 0.5) is 0 Å². The number of hydrogen-bond donors (Lipinski definition) is 1. The highest BCUT2D eigenvalue weighted by atomic mass is 16.2. The molecule has 1 unspecified atom stereocenters. The van der Waals surface area contributed by atoms with Gasteiger partial charge in [-0.05, 0) is 58.3 Å². The Morgan fingerprint density at radius 3 is 2.65 bits per heavy atom. The molecule has 4 heteroatoms. The van der Waals surface area contributed by atoms with Crippen LogP contribution in [0.25, 0.3) is 0 Å². The maximum absolute atomic E-state index is 12.1. The van der Waals surface area contributed by atoms with E-state index in [0.29, 0.717) is 11.8 Å². The minimum Gasteiger partial charge on any atom is -0.344 e. The van der Waals surface area contributed by atoms with Gasteiger partial charge >= 0.3 is 0 Å². The molecule has 0 saturated carbocycles. The molecule has 0 aliphatic carbocycles. The molecule has 2 fully saturated rings. The third-order valence-corrected chi connectivity index (χ3v) is 4.10. The van der Waals surface area contributed by atoms with Crippen LogP contribution in [0.3, 0.4) is 0 Å². The van der Waals surface area contributed by atoms with E-state index in [1.54, 1.807) is 0 Å². The molecule has 2 saturated heterocycles. The van der Waals surface area contributed by atoms with Gasteiger partial charge in [0, 0.05) is 13.6 Å². The third kappa shape index (κ3) is 3.42. The van der Waals surface area contributed by atoms with E-state index >= 15 is 0 Å². The zero-order valence-electron chi connectivity index (χ0n) is 11.1. The maximum atomic E-state index is 12.1. The molecular weight excluding hydrogens is 214 g/mol. The molecule has 0 bridgehead atoms. The Hall–Kier alpha value is -0.610. The van der Waals surface area contributed by atoms with Gasteiger partial charge in [-0.1, -0.05) is 0 Å². The Morgan fingerprint density at radius 2 is 2.06 bits per heavy atom. The molecule has 0 aromatic heterocycles. The van der Waals surface area contributed by atoms with Gasteiger partial charge in [-0.25, -0.2) is 0 Å². The second kappa shape index (κ2) is 5.83. The summed E-state index contributed by atoms with van der Waals surface area (Å²) in [5.41, 5.74) is 0. The van der Waals surface area contributed by atoms with E-state index in [1.165, 1.54) is 25.9 Å². The van der Waals surface area contributed by atoms with Gasteiger partial charge in [-0.2, -0.15) is 0 Å². The second-order valence-electron chi connectivity index (χ2n) is 5.61. The van der Waals surface area contributed by atoms with Crippen molar-refractivity contribution in [2.45, 2.75) is 31.7 Å². The zero-order chi connectivity index (χ0) is 12.3. The molecule has 2 heterocycles. The molecule has 0 radical (unpaired) electrons. The number of likely N-dealkylation sites (tertiary alicyclic amines) is 1. The lowest BCUT2D eigenvalue weighted by molar-refractivity contribution is -0.132. The second-order valence-corrected chi connectivity index (χ2v) is 5.61. The molecule has 1 atom stereocenters. The van der Waals surface area contributed by atoms with Crippen LogP contribution in [0.5, 0.6) is 0 Å². The highest BCUT2D eigenvalue weighted by Crippen LogP contribution is 2.17. The van der Waals surface area contributed by atoms with Crippen LogP contribution in [0, 0.1) is 5.92 Å². The van der Waals surface area contributed by atoms with E-state index in [9.17, 15) is 4.79 Å². The lowest BCUT2D eigenvalue weighted by atomic mass is 9.96. The molecule has 0 aromatic rings. The van der Waals surface area contributed by atoms with Crippen molar-refractivity contribution in [2.24, 2.45) is 5.92 Å². The summed E-state index contributed by atoms with van der Waals surface area (Å²) in [5.74, 6) is 0.989. The fourth-order valence-corrected chi connectivity index (χ4v) is 2.88. The molecule has 4 nitrogen and oxygen atoms in total. The Bertz CT molecular complexity index is 255. The Kier molecular flexibility index (Phi) is 4.40. The highest BCUT2D eigenvalue weighted by Gasteiger charge is 2.27. The summed E-state index contributed by atoms with van der Waals surface area (Å²) in [6.45, 7) is 4.28. The number of likely N-dealkylation sites (N-methyl/N-ethyl adjacent to an activating group) is 1. The van der Waals surface area contributed by atoms with E-state index in [0.717, 1.165) is 25.9 Å². The summed E-state index contributed by atoms with van der Waals surface area (Å²) in [5, 5.41) is 3.28. The van der Waals surface area contributed by atoms with Gasteiger partial charge in [0.1, 0.15) is 0 Å². The molecule has 0 aromatic carbocycles. The molecule has 2 aliphatic heterocycles. The van der Waals surface area contributed by atoms with Crippen LogP contribution in [0.15, 0.2) is 0 Å². The summed E-state index contributed by atoms with van der Waals surface area (Å²) in [7, 11) is 4.13. The van der Waals surface area contributed by atoms with Gasteiger partial charge in [0.05, 0.1) is 6.04 Å². The fraction of sp³-hybridized carbons (Fsp3) is 0.923. The highest BCUT2D eigenvalue weighted by molar-refractivity contribution is 5.81. The SMILES string of the molecule is CN1CCC(CN(C)C(=O)C2CCCN2)CC1. The first-order chi connectivity index (χ1) is 8.16. The average molecular weight is 239 g/mol. The molecule has 2 rings (SSSR count). The molecule has 17 heavy (non-hydrogen) atoms. The number of carbonyl (C=O) groups is 1. The van der Waals surface area contributed by atoms with Crippen LogP contribution >= 0.6 is 0 Å². The van der Waals surface area contributed by atoms with E-state index < -0.39 is 0 Å². The number of nitrogens with zero attached hydrogens (tertiary/aromatic N) is 2. The van der Waals surface area contributed by atoms with Crippen molar-refractivity contribution in [2.75, 3.05) is 40.3 Å². The first-order valence-electron chi connectivity index (χ1n) is 6.83. The predicted molar refractivity (Wildman–Crippen MR) is 68.9 cm³/mol. The Balaban J connectivity index is 1.76. The minimum absolute atomic E-state index is 0.0891.